The summed E-state index contributed by atoms with van der Waals surface area (Å²) >= 11 is 0. The van der Waals surface area contributed by atoms with Gasteiger partial charge >= 0.3 is 0 Å². The second kappa shape index (κ2) is 5.63. The first kappa shape index (κ1) is 12.6. The van der Waals surface area contributed by atoms with Crippen molar-refractivity contribution in [2.24, 2.45) is 10.8 Å². The Morgan fingerprint density at radius 1 is 1.21 bits per heavy atom. The maximum Gasteiger partial charge on any atom is 0.275 e. The van der Waals surface area contributed by atoms with Crippen molar-refractivity contribution in [3.05, 3.63) is 59.9 Å². The number of phenolic OH excluding ortho intramolecular Hbond substituents is 1. The molecule has 0 aliphatic heterocycles. The molecule has 2 aromatic rings. The minimum absolute atomic E-state index is 0.0874. The van der Waals surface area contributed by atoms with Crippen LogP contribution in [0.15, 0.2) is 53.8 Å². The minimum atomic E-state index is -0.544. The Morgan fingerprint density at radius 3 is 2.63 bits per heavy atom. The Kier molecular flexibility index (Phi) is 3.72. The summed E-state index contributed by atoms with van der Waals surface area (Å²) in [5.74, 6) is -0.576. The van der Waals surface area contributed by atoms with Crippen molar-refractivity contribution in [3.63, 3.8) is 0 Å². The molecule has 2 rings (SSSR count). The number of amides is 1. The van der Waals surface area contributed by atoms with Gasteiger partial charge in [0.2, 0.25) is 0 Å². The Bertz CT molecular complexity index is 611. The van der Waals surface area contributed by atoms with Crippen LogP contribution in [0.2, 0.25) is 0 Å². The molecule has 1 aromatic carbocycles. The minimum Gasteiger partial charge on any atom is -0.507 e. The zero-order chi connectivity index (χ0) is 13.7. The van der Waals surface area contributed by atoms with Crippen LogP contribution < -0.4 is 11.2 Å². The monoisotopic (exact) mass is 256 g/mol. The number of para-hydroxylation sites is 1. The van der Waals surface area contributed by atoms with E-state index in [9.17, 15) is 9.90 Å². The predicted molar refractivity (Wildman–Crippen MR) is 70.5 cm³/mol. The van der Waals surface area contributed by atoms with E-state index in [2.05, 4.69) is 15.5 Å². The standard InChI is InChI=1S/C13H12N4O2/c14-12(10-6-3-4-8-15-10)16-17-13(19)9-5-1-2-7-11(9)18/h1-8,18H,(H2,14,16)(H,17,19). The molecule has 0 saturated carbocycles. The van der Waals surface area contributed by atoms with Crippen LogP contribution in [0.3, 0.4) is 0 Å². The van der Waals surface area contributed by atoms with Gasteiger partial charge in [0.25, 0.3) is 5.91 Å². The number of pyridine rings is 1. The molecule has 0 unspecified atom stereocenters. The normalized spacial score (nSPS) is 11.1. The molecule has 0 saturated heterocycles. The summed E-state index contributed by atoms with van der Waals surface area (Å²) in [5, 5.41) is 13.2. The second-order valence-corrected chi connectivity index (χ2v) is 3.67. The van der Waals surface area contributed by atoms with Crippen LogP contribution in [0.1, 0.15) is 16.1 Å². The third kappa shape index (κ3) is 3.06. The van der Waals surface area contributed by atoms with Gasteiger partial charge in [-0.1, -0.05) is 18.2 Å². The first-order valence-corrected chi connectivity index (χ1v) is 5.51. The number of hydrogen-bond donors (Lipinski definition) is 3. The molecule has 4 N–H and O–H groups in total. The quantitative estimate of drug-likeness (QED) is 0.430. The van der Waals surface area contributed by atoms with Gasteiger partial charge in [0, 0.05) is 6.20 Å². The lowest BCUT2D eigenvalue weighted by molar-refractivity contribution is 0.0952. The Labute approximate surface area is 109 Å². The predicted octanol–water partition coefficient (Wildman–Crippen LogP) is 0.837. The highest BCUT2D eigenvalue weighted by Gasteiger charge is 2.09. The second-order valence-electron chi connectivity index (χ2n) is 3.67. The maximum atomic E-state index is 11.7. The maximum absolute atomic E-state index is 11.7. The molecule has 0 atom stereocenters. The third-order valence-electron chi connectivity index (χ3n) is 2.35. The van der Waals surface area contributed by atoms with Gasteiger partial charge in [-0.3, -0.25) is 9.78 Å². The summed E-state index contributed by atoms with van der Waals surface area (Å²) in [4.78, 5) is 15.7. The number of phenols is 1. The summed E-state index contributed by atoms with van der Waals surface area (Å²) in [6, 6.07) is 11.3. The Morgan fingerprint density at radius 2 is 1.95 bits per heavy atom. The first-order valence-electron chi connectivity index (χ1n) is 5.51. The largest absolute Gasteiger partial charge is 0.507 e. The van der Waals surface area contributed by atoms with E-state index < -0.39 is 5.91 Å². The Balaban J connectivity index is 2.11. The number of hydrogen-bond acceptors (Lipinski definition) is 4. The summed E-state index contributed by atoms with van der Waals surface area (Å²) in [7, 11) is 0. The molecule has 0 aliphatic rings. The average Bonchev–Trinajstić information content (AvgIpc) is 2.46. The summed E-state index contributed by atoms with van der Waals surface area (Å²) in [6.45, 7) is 0. The first-order chi connectivity index (χ1) is 9.18. The van der Waals surface area contributed by atoms with E-state index in [1.807, 2.05) is 0 Å². The number of carbonyl (C=O) groups excluding carboxylic acids is 1. The number of benzene rings is 1. The van der Waals surface area contributed by atoms with Gasteiger partial charge in [-0.05, 0) is 24.3 Å². The number of nitrogens with zero attached hydrogens (tertiary/aromatic N) is 2. The lowest BCUT2D eigenvalue weighted by Gasteiger charge is -2.03. The molecule has 19 heavy (non-hydrogen) atoms. The van der Waals surface area contributed by atoms with Crippen LogP contribution in [0, 0.1) is 0 Å². The summed E-state index contributed by atoms with van der Waals surface area (Å²) < 4.78 is 0. The molecule has 0 spiro atoms. The molecule has 0 fully saturated rings. The van der Waals surface area contributed by atoms with Crippen LogP contribution in [0.4, 0.5) is 0 Å². The van der Waals surface area contributed by atoms with Crippen LogP contribution >= 0.6 is 0 Å². The van der Waals surface area contributed by atoms with E-state index in [0.717, 1.165) is 0 Å². The van der Waals surface area contributed by atoms with Gasteiger partial charge in [0.15, 0.2) is 5.84 Å². The van der Waals surface area contributed by atoms with E-state index in [0.29, 0.717) is 5.69 Å². The van der Waals surface area contributed by atoms with Crippen LogP contribution in [-0.4, -0.2) is 21.8 Å². The van der Waals surface area contributed by atoms with Gasteiger partial charge in [-0.25, -0.2) is 5.43 Å². The van der Waals surface area contributed by atoms with Gasteiger partial charge in [0.05, 0.1) is 5.56 Å². The zero-order valence-corrected chi connectivity index (χ0v) is 9.95. The molecule has 0 radical (unpaired) electrons. The van der Waals surface area contributed by atoms with Gasteiger partial charge in [-0.2, -0.15) is 5.10 Å². The highest BCUT2D eigenvalue weighted by Crippen LogP contribution is 2.14. The number of nitrogens with two attached hydrogens (primary N) is 1. The van der Waals surface area contributed by atoms with E-state index in [-0.39, 0.29) is 17.1 Å². The topological polar surface area (TPSA) is 101 Å². The number of aromatic nitrogens is 1. The van der Waals surface area contributed by atoms with Crippen molar-refractivity contribution in [1.29, 1.82) is 0 Å². The smallest absolute Gasteiger partial charge is 0.275 e. The van der Waals surface area contributed by atoms with E-state index >= 15 is 0 Å². The number of aromatic hydroxyl groups is 1. The van der Waals surface area contributed by atoms with Crippen molar-refractivity contribution < 1.29 is 9.90 Å². The number of amidine groups is 1. The molecule has 1 amide bonds. The molecule has 96 valence electrons. The highest BCUT2D eigenvalue weighted by atomic mass is 16.3. The SMILES string of the molecule is NC(=NNC(=O)c1ccccc1O)c1ccccn1. The van der Waals surface area contributed by atoms with Crippen LogP contribution in [-0.2, 0) is 0 Å². The summed E-state index contributed by atoms with van der Waals surface area (Å²) in [5.41, 5.74) is 8.52. The van der Waals surface area contributed by atoms with E-state index in [1.165, 1.54) is 12.1 Å². The fraction of sp³-hybridized carbons (Fsp3) is 0. The third-order valence-corrected chi connectivity index (χ3v) is 2.35. The molecular formula is C13H12N4O2. The lowest BCUT2D eigenvalue weighted by atomic mass is 10.2. The van der Waals surface area contributed by atoms with Crippen molar-refractivity contribution in [2.45, 2.75) is 0 Å². The number of rotatable bonds is 3. The molecule has 0 bridgehead atoms. The van der Waals surface area contributed by atoms with Gasteiger partial charge in [0.1, 0.15) is 11.4 Å². The van der Waals surface area contributed by atoms with Crippen molar-refractivity contribution in [1.82, 2.24) is 10.4 Å². The van der Waals surface area contributed by atoms with Crippen LogP contribution in [0.5, 0.6) is 5.75 Å². The molecule has 0 aliphatic carbocycles. The van der Waals surface area contributed by atoms with Crippen molar-refractivity contribution in [2.75, 3.05) is 0 Å². The Hall–Kier alpha value is -2.89. The molecule has 6 nitrogen and oxygen atoms in total. The zero-order valence-electron chi connectivity index (χ0n) is 9.95. The lowest BCUT2D eigenvalue weighted by Crippen LogP contribution is -2.24. The number of carbonyl (C=O) groups is 1. The van der Waals surface area contributed by atoms with Gasteiger partial charge < -0.3 is 10.8 Å². The average molecular weight is 256 g/mol. The fourth-order valence-electron chi connectivity index (χ4n) is 1.41. The molecular weight excluding hydrogens is 244 g/mol. The highest BCUT2D eigenvalue weighted by molar-refractivity contribution is 5.99. The summed E-state index contributed by atoms with van der Waals surface area (Å²) in [6.07, 6.45) is 1.57. The molecule has 6 heteroatoms. The molecule has 1 aromatic heterocycles. The fourth-order valence-corrected chi connectivity index (χ4v) is 1.41. The van der Waals surface area contributed by atoms with Crippen molar-refractivity contribution >= 4 is 11.7 Å². The van der Waals surface area contributed by atoms with Gasteiger partial charge in [-0.15, -0.1) is 0 Å². The number of hydrazone groups is 1. The molecule has 1 heterocycles. The van der Waals surface area contributed by atoms with Crippen LogP contribution in [0.25, 0.3) is 0 Å². The number of nitrogens with one attached hydrogen (secondary N) is 1. The van der Waals surface area contributed by atoms with Crippen molar-refractivity contribution in [3.8, 4) is 5.75 Å². The van der Waals surface area contributed by atoms with E-state index in [4.69, 9.17) is 5.73 Å². The van der Waals surface area contributed by atoms with E-state index in [1.54, 1.807) is 36.5 Å².